The SMILES string of the molecule is CC(C)(C)OC(=O)N1CCC(=O)[C@@H](CC(F)(F)F)C1. The summed E-state index contributed by atoms with van der Waals surface area (Å²) in [5.41, 5.74) is -0.710. The van der Waals surface area contributed by atoms with Gasteiger partial charge in [-0.3, -0.25) is 4.79 Å². The van der Waals surface area contributed by atoms with Crippen LogP contribution in [0.5, 0.6) is 0 Å². The number of piperidine rings is 1. The van der Waals surface area contributed by atoms with E-state index in [1.54, 1.807) is 20.8 Å². The summed E-state index contributed by atoms with van der Waals surface area (Å²) in [4.78, 5) is 24.4. The third-order valence-electron chi connectivity index (χ3n) is 2.65. The molecule has 0 aromatic rings. The molecule has 0 bridgehead atoms. The van der Waals surface area contributed by atoms with Crippen LogP contribution in [0.25, 0.3) is 0 Å². The van der Waals surface area contributed by atoms with E-state index >= 15 is 0 Å². The minimum Gasteiger partial charge on any atom is -0.444 e. The highest BCUT2D eigenvalue weighted by Crippen LogP contribution is 2.29. The topological polar surface area (TPSA) is 46.6 Å². The molecule has 0 aromatic carbocycles. The van der Waals surface area contributed by atoms with Crippen molar-refractivity contribution in [1.82, 2.24) is 4.90 Å². The second kappa shape index (κ2) is 5.38. The number of hydrogen-bond donors (Lipinski definition) is 0. The Morgan fingerprint density at radius 1 is 1.37 bits per heavy atom. The van der Waals surface area contributed by atoms with Gasteiger partial charge in [-0.05, 0) is 20.8 Å². The van der Waals surface area contributed by atoms with E-state index in [-0.39, 0.29) is 19.5 Å². The summed E-state index contributed by atoms with van der Waals surface area (Å²) < 4.78 is 42.1. The van der Waals surface area contributed by atoms with Crippen molar-refractivity contribution in [3.8, 4) is 0 Å². The minimum atomic E-state index is -4.41. The Labute approximate surface area is 109 Å². The number of rotatable bonds is 1. The number of Topliss-reactive ketones (excluding diaryl/α,β-unsaturated/α-hetero) is 1. The fraction of sp³-hybridized carbons (Fsp3) is 0.833. The minimum absolute atomic E-state index is 0.0556. The molecule has 7 heteroatoms. The van der Waals surface area contributed by atoms with Crippen LogP contribution in [0.4, 0.5) is 18.0 Å². The predicted octanol–water partition coefficient (Wildman–Crippen LogP) is 2.76. The van der Waals surface area contributed by atoms with Gasteiger partial charge in [-0.2, -0.15) is 13.2 Å². The lowest BCUT2D eigenvalue weighted by atomic mass is 9.93. The Morgan fingerprint density at radius 3 is 2.42 bits per heavy atom. The number of carbonyl (C=O) groups is 2. The first-order valence-electron chi connectivity index (χ1n) is 6.05. The molecule has 0 radical (unpaired) electrons. The Bertz CT molecular complexity index is 360. The third-order valence-corrected chi connectivity index (χ3v) is 2.65. The summed E-state index contributed by atoms with van der Waals surface area (Å²) >= 11 is 0. The van der Waals surface area contributed by atoms with E-state index in [9.17, 15) is 22.8 Å². The maximum atomic E-state index is 12.3. The number of ether oxygens (including phenoxy) is 1. The van der Waals surface area contributed by atoms with Crippen LogP contribution in [0.3, 0.4) is 0 Å². The normalized spacial score (nSPS) is 21.5. The maximum Gasteiger partial charge on any atom is 0.410 e. The van der Waals surface area contributed by atoms with Crippen LogP contribution in [-0.4, -0.2) is 41.6 Å². The van der Waals surface area contributed by atoms with Gasteiger partial charge in [0, 0.05) is 25.4 Å². The fourth-order valence-electron chi connectivity index (χ4n) is 1.86. The number of carbonyl (C=O) groups excluding carboxylic acids is 2. The van der Waals surface area contributed by atoms with Gasteiger partial charge >= 0.3 is 12.3 Å². The van der Waals surface area contributed by atoms with Gasteiger partial charge in [0.25, 0.3) is 0 Å². The highest BCUT2D eigenvalue weighted by Gasteiger charge is 2.39. The van der Waals surface area contributed by atoms with Crippen LogP contribution in [0.2, 0.25) is 0 Å². The van der Waals surface area contributed by atoms with E-state index in [4.69, 9.17) is 4.74 Å². The third kappa shape index (κ3) is 5.48. The van der Waals surface area contributed by atoms with Crippen LogP contribution in [0.15, 0.2) is 0 Å². The van der Waals surface area contributed by atoms with Gasteiger partial charge in [-0.15, -0.1) is 0 Å². The lowest BCUT2D eigenvalue weighted by molar-refractivity contribution is -0.156. The average molecular weight is 281 g/mol. The van der Waals surface area contributed by atoms with Crippen LogP contribution >= 0.6 is 0 Å². The fourth-order valence-corrected chi connectivity index (χ4v) is 1.86. The molecule has 1 aliphatic rings. The molecule has 19 heavy (non-hydrogen) atoms. The molecule has 0 saturated carbocycles. The summed E-state index contributed by atoms with van der Waals surface area (Å²) in [7, 11) is 0. The quantitative estimate of drug-likeness (QED) is 0.742. The van der Waals surface area contributed by atoms with Crippen LogP contribution < -0.4 is 0 Å². The first-order chi connectivity index (χ1) is 8.48. The van der Waals surface area contributed by atoms with Crippen molar-refractivity contribution in [3.05, 3.63) is 0 Å². The molecule has 1 heterocycles. The molecule has 110 valence electrons. The van der Waals surface area contributed by atoms with Gasteiger partial charge < -0.3 is 9.64 Å². The summed E-state index contributed by atoms with van der Waals surface area (Å²) in [5.74, 6) is -1.63. The number of amides is 1. The molecular weight excluding hydrogens is 263 g/mol. The van der Waals surface area contributed by atoms with Crippen molar-refractivity contribution in [3.63, 3.8) is 0 Å². The molecule has 0 N–H and O–H groups in total. The van der Waals surface area contributed by atoms with Gasteiger partial charge in [-0.25, -0.2) is 4.79 Å². The van der Waals surface area contributed by atoms with E-state index in [1.807, 2.05) is 0 Å². The van der Waals surface area contributed by atoms with Gasteiger partial charge in [-0.1, -0.05) is 0 Å². The van der Waals surface area contributed by atoms with Crippen LogP contribution in [0, 0.1) is 5.92 Å². The van der Waals surface area contributed by atoms with Crippen molar-refractivity contribution in [1.29, 1.82) is 0 Å². The van der Waals surface area contributed by atoms with Gasteiger partial charge in [0.05, 0.1) is 6.42 Å². The first-order valence-corrected chi connectivity index (χ1v) is 6.05. The molecule has 1 atom stereocenters. The Morgan fingerprint density at radius 2 is 1.95 bits per heavy atom. The zero-order valence-electron chi connectivity index (χ0n) is 11.2. The van der Waals surface area contributed by atoms with Crippen molar-refractivity contribution in [2.24, 2.45) is 5.92 Å². The van der Waals surface area contributed by atoms with Crippen molar-refractivity contribution in [2.75, 3.05) is 13.1 Å². The number of halogens is 3. The van der Waals surface area contributed by atoms with Gasteiger partial charge in [0.1, 0.15) is 11.4 Å². The lowest BCUT2D eigenvalue weighted by Crippen LogP contribution is -2.47. The van der Waals surface area contributed by atoms with E-state index in [2.05, 4.69) is 0 Å². The molecule has 1 aliphatic heterocycles. The first kappa shape index (κ1) is 15.8. The predicted molar refractivity (Wildman–Crippen MR) is 61.6 cm³/mol. The summed E-state index contributed by atoms with van der Waals surface area (Å²) in [6.45, 7) is 4.91. The summed E-state index contributed by atoms with van der Waals surface area (Å²) in [6.07, 6.45) is -6.32. The lowest BCUT2D eigenvalue weighted by Gasteiger charge is -2.33. The van der Waals surface area contributed by atoms with Crippen LogP contribution in [0.1, 0.15) is 33.6 Å². The molecule has 1 saturated heterocycles. The van der Waals surface area contributed by atoms with Gasteiger partial charge in [0.15, 0.2) is 0 Å². The largest absolute Gasteiger partial charge is 0.444 e. The van der Waals surface area contributed by atoms with E-state index in [1.165, 1.54) is 4.90 Å². The molecule has 0 spiro atoms. The number of alkyl halides is 3. The summed E-state index contributed by atoms with van der Waals surface area (Å²) in [6, 6.07) is 0. The van der Waals surface area contributed by atoms with E-state index < -0.39 is 36.0 Å². The molecule has 1 fully saturated rings. The molecule has 0 aromatic heterocycles. The highest BCUT2D eigenvalue weighted by atomic mass is 19.4. The monoisotopic (exact) mass is 281 g/mol. The highest BCUT2D eigenvalue weighted by molar-refractivity contribution is 5.84. The molecule has 0 unspecified atom stereocenters. The van der Waals surface area contributed by atoms with Crippen LogP contribution in [-0.2, 0) is 9.53 Å². The van der Waals surface area contributed by atoms with E-state index in [0.29, 0.717) is 0 Å². The number of ketones is 1. The second-order valence-corrected chi connectivity index (χ2v) is 5.66. The Hall–Kier alpha value is -1.27. The molecular formula is C12H18F3NO3. The van der Waals surface area contributed by atoms with Crippen molar-refractivity contribution >= 4 is 11.9 Å². The molecule has 0 aliphatic carbocycles. The number of nitrogens with zero attached hydrogens (tertiary/aromatic N) is 1. The standard InChI is InChI=1S/C12H18F3NO3/c1-11(2,3)19-10(18)16-5-4-9(17)8(7-16)6-12(13,14)15/h8H,4-7H2,1-3H3/t8-/m0/s1. The Kier molecular flexibility index (Phi) is 4.47. The smallest absolute Gasteiger partial charge is 0.410 e. The summed E-state index contributed by atoms with van der Waals surface area (Å²) in [5, 5.41) is 0. The zero-order chi connectivity index (χ0) is 14.8. The zero-order valence-corrected chi connectivity index (χ0v) is 11.2. The Balaban J connectivity index is 2.64. The molecule has 1 amide bonds. The van der Waals surface area contributed by atoms with Gasteiger partial charge in [0.2, 0.25) is 0 Å². The maximum absolute atomic E-state index is 12.3. The van der Waals surface area contributed by atoms with Crippen molar-refractivity contribution in [2.45, 2.75) is 45.4 Å². The molecule has 1 rings (SSSR count). The van der Waals surface area contributed by atoms with E-state index in [0.717, 1.165) is 0 Å². The number of likely N-dealkylation sites (tertiary alicyclic amines) is 1. The molecule has 4 nitrogen and oxygen atoms in total. The number of hydrogen-bond acceptors (Lipinski definition) is 3. The second-order valence-electron chi connectivity index (χ2n) is 5.66. The average Bonchev–Trinajstić information content (AvgIpc) is 2.16. The van der Waals surface area contributed by atoms with Crippen molar-refractivity contribution < 1.29 is 27.5 Å².